The van der Waals surface area contributed by atoms with Gasteiger partial charge in [-0.2, -0.15) is 0 Å². The van der Waals surface area contributed by atoms with Crippen LogP contribution in [-0.4, -0.2) is 93.0 Å². The van der Waals surface area contributed by atoms with Crippen molar-refractivity contribution in [3.8, 4) is 0 Å². The minimum atomic E-state index is -1.71. The Kier molecular flexibility index (Phi) is 13.8. The topological polar surface area (TPSA) is 254 Å². The van der Waals surface area contributed by atoms with Crippen LogP contribution in [0.5, 0.6) is 0 Å². The fourth-order valence-electron chi connectivity index (χ4n) is 2.75. The van der Waals surface area contributed by atoms with Gasteiger partial charge in [0, 0.05) is 6.42 Å². The number of unbranched alkanes of at least 4 members (excludes halogenated alkanes) is 1. The van der Waals surface area contributed by atoms with E-state index in [0.29, 0.717) is 19.4 Å². The van der Waals surface area contributed by atoms with Crippen LogP contribution in [0.25, 0.3) is 0 Å². The van der Waals surface area contributed by atoms with Crippen LogP contribution < -0.4 is 27.4 Å². The molecule has 0 saturated carbocycles. The molecule has 0 aliphatic rings. The van der Waals surface area contributed by atoms with Crippen LogP contribution in [0.4, 0.5) is 0 Å². The van der Waals surface area contributed by atoms with Crippen molar-refractivity contribution in [2.45, 2.75) is 82.3 Å². The van der Waals surface area contributed by atoms with Gasteiger partial charge in [0.25, 0.3) is 0 Å². The normalized spacial score (nSPS) is 16.4. The molecule has 0 spiro atoms. The third-order valence-corrected chi connectivity index (χ3v) is 4.69. The van der Waals surface area contributed by atoms with E-state index in [2.05, 4.69) is 10.6 Å². The van der Waals surface area contributed by atoms with Crippen molar-refractivity contribution in [1.29, 1.82) is 0 Å². The van der Waals surface area contributed by atoms with Gasteiger partial charge >= 0.3 is 11.9 Å². The molecule has 0 rings (SSSR count). The predicted octanol–water partition coefficient (Wildman–Crippen LogP) is -3.39. The predicted molar refractivity (Wildman–Crippen MR) is 115 cm³/mol. The molecule has 14 nitrogen and oxygen atoms in total. The Balaban J connectivity index is 5.40. The van der Waals surface area contributed by atoms with Gasteiger partial charge in [0.2, 0.25) is 17.7 Å². The second-order valence-corrected chi connectivity index (χ2v) is 7.68. The fourth-order valence-corrected chi connectivity index (χ4v) is 2.75. The summed E-state index contributed by atoms with van der Waals surface area (Å²) >= 11 is 0. The molecule has 6 atom stereocenters. The zero-order valence-corrected chi connectivity index (χ0v) is 18.7. The van der Waals surface area contributed by atoms with E-state index in [9.17, 15) is 34.2 Å². The highest BCUT2D eigenvalue weighted by Crippen LogP contribution is 2.05. The van der Waals surface area contributed by atoms with E-state index >= 15 is 0 Å². The number of nitrogens with two attached hydrogens (primary N) is 2. The van der Waals surface area contributed by atoms with Gasteiger partial charge in [-0.25, -0.2) is 4.79 Å². The summed E-state index contributed by atoms with van der Waals surface area (Å²) < 4.78 is 0. The molecule has 0 aromatic heterocycles. The molecule has 0 bridgehead atoms. The summed E-state index contributed by atoms with van der Waals surface area (Å²) in [5.74, 6) is -5.62. The lowest BCUT2D eigenvalue weighted by Crippen LogP contribution is -2.60. The van der Waals surface area contributed by atoms with Crippen molar-refractivity contribution in [2.24, 2.45) is 11.5 Å². The smallest absolute Gasteiger partial charge is 0.328 e. The van der Waals surface area contributed by atoms with Crippen molar-refractivity contribution in [1.82, 2.24) is 16.0 Å². The van der Waals surface area contributed by atoms with Crippen LogP contribution in [0, 0.1) is 0 Å². The van der Waals surface area contributed by atoms with Crippen LogP contribution in [-0.2, 0) is 24.0 Å². The second-order valence-electron chi connectivity index (χ2n) is 7.68. The molecule has 0 fully saturated rings. The molecule has 11 N–H and O–H groups in total. The summed E-state index contributed by atoms with van der Waals surface area (Å²) in [4.78, 5) is 59.6. The fraction of sp³-hybridized carbons (Fsp3) is 0.737. The van der Waals surface area contributed by atoms with Crippen LogP contribution in [0.3, 0.4) is 0 Å². The van der Waals surface area contributed by atoms with E-state index in [1.54, 1.807) is 0 Å². The Morgan fingerprint density at radius 1 is 0.788 bits per heavy atom. The monoisotopic (exact) mass is 477 g/mol. The molecule has 0 radical (unpaired) electrons. The van der Waals surface area contributed by atoms with Crippen molar-refractivity contribution in [3.05, 3.63) is 0 Å². The Morgan fingerprint density at radius 3 is 1.79 bits per heavy atom. The lowest BCUT2D eigenvalue weighted by Gasteiger charge is -2.26. The zero-order valence-electron chi connectivity index (χ0n) is 18.7. The van der Waals surface area contributed by atoms with Crippen molar-refractivity contribution in [3.63, 3.8) is 0 Å². The number of rotatable bonds is 16. The lowest BCUT2D eigenvalue weighted by atomic mass is 10.1. The molecule has 190 valence electrons. The molecule has 0 aromatic rings. The van der Waals surface area contributed by atoms with Gasteiger partial charge in [-0.15, -0.1) is 0 Å². The van der Waals surface area contributed by atoms with E-state index in [1.807, 2.05) is 5.32 Å². The maximum atomic E-state index is 12.7. The van der Waals surface area contributed by atoms with Gasteiger partial charge in [-0.3, -0.25) is 19.2 Å². The first-order valence-electron chi connectivity index (χ1n) is 10.5. The first kappa shape index (κ1) is 30.2. The summed E-state index contributed by atoms with van der Waals surface area (Å²) in [6.45, 7) is 2.76. The number of aliphatic carboxylic acids is 2. The number of carboxylic acids is 2. The zero-order chi connectivity index (χ0) is 25.7. The highest BCUT2D eigenvalue weighted by molar-refractivity contribution is 5.94. The number of carbonyl (C=O) groups is 5. The number of aliphatic hydroxyl groups is 2. The molecule has 0 unspecified atom stereocenters. The van der Waals surface area contributed by atoms with E-state index < -0.39 is 78.9 Å². The SMILES string of the molecule is C[C@@H](O)[C@H](NC(=O)[C@H](CCC(=O)O)NC(=O)[C@@H](NC(=O)[C@@H](N)CCCCN)[C@@H](C)O)C(=O)O. The first-order valence-corrected chi connectivity index (χ1v) is 10.5. The summed E-state index contributed by atoms with van der Waals surface area (Å²) in [6, 6.07) is -5.73. The summed E-state index contributed by atoms with van der Waals surface area (Å²) in [7, 11) is 0. The van der Waals surface area contributed by atoms with E-state index in [0.717, 1.165) is 6.92 Å². The molecule has 0 aliphatic carbocycles. The molecular formula is C19H35N5O9. The van der Waals surface area contributed by atoms with Crippen LogP contribution in [0.2, 0.25) is 0 Å². The van der Waals surface area contributed by atoms with Gasteiger partial charge in [-0.05, 0) is 39.7 Å². The third kappa shape index (κ3) is 11.6. The van der Waals surface area contributed by atoms with Gasteiger partial charge in [0.05, 0.1) is 18.2 Å². The Labute approximate surface area is 191 Å². The standard InChI is InChI=1S/C19H35N5O9/c1-9(25)14(23-16(29)11(21)5-3-4-8-20)18(31)22-12(6-7-13(27)28)17(30)24-15(10(2)26)19(32)33/h9-12,14-15,25-26H,3-8,20-21H2,1-2H3,(H,22,31)(H,23,29)(H,24,30)(H,27,28)(H,32,33)/t9-,10-,11+,12+,14+,15+/m1/s1. The van der Waals surface area contributed by atoms with Crippen LogP contribution in [0.1, 0.15) is 46.0 Å². The largest absolute Gasteiger partial charge is 0.481 e. The van der Waals surface area contributed by atoms with Crippen molar-refractivity contribution < 1.29 is 44.4 Å². The quantitative estimate of drug-likeness (QED) is 0.0990. The molecule has 0 heterocycles. The number of carboxylic acid groups (broad SMARTS) is 2. The summed E-state index contributed by atoms with van der Waals surface area (Å²) in [6.07, 6.45) is -2.35. The average Bonchev–Trinajstić information content (AvgIpc) is 2.71. The maximum Gasteiger partial charge on any atom is 0.328 e. The van der Waals surface area contributed by atoms with E-state index in [4.69, 9.17) is 21.7 Å². The molecule has 0 aromatic carbocycles. The van der Waals surface area contributed by atoms with Gasteiger partial charge in [0.1, 0.15) is 12.1 Å². The van der Waals surface area contributed by atoms with Gasteiger partial charge in [0.15, 0.2) is 6.04 Å². The number of aliphatic hydroxyl groups excluding tert-OH is 2. The number of amides is 3. The summed E-state index contributed by atoms with van der Waals surface area (Å²) in [5.41, 5.74) is 11.2. The molecule has 0 aliphatic heterocycles. The third-order valence-electron chi connectivity index (χ3n) is 4.69. The van der Waals surface area contributed by atoms with Crippen molar-refractivity contribution in [2.75, 3.05) is 6.54 Å². The molecule has 0 saturated heterocycles. The van der Waals surface area contributed by atoms with Gasteiger partial charge < -0.3 is 47.8 Å². The first-order chi connectivity index (χ1) is 15.3. The number of hydrogen-bond donors (Lipinski definition) is 9. The highest BCUT2D eigenvalue weighted by Gasteiger charge is 2.33. The minimum Gasteiger partial charge on any atom is -0.481 e. The molecule has 3 amide bonds. The van der Waals surface area contributed by atoms with E-state index in [1.165, 1.54) is 6.92 Å². The molecular weight excluding hydrogens is 442 g/mol. The summed E-state index contributed by atoms with van der Waals surface area (Å²) in [5, 5.41) is 44.0. The average molecular weight is 478 g/mol. The van der Waals surface area contributed by atoms with Crippen molar-refractivity contribution >= 4 is 29.7 Å². The molecule has 33 heavy (non-hydrogen) atoms. The maximum absolute atomic E-state index is 12.7. The number of hydrogen-bond acceptors (Lipinski definition) is 9. The van der Waals surface area contributed by atoms with E-state index in [-0.39, 0.29) is 6.42 Å². The second kappa shape index (κ2) is 15.1. The lowest BCUT2D eigenvalue weighted by molar-refractivity contribution is -0.145. The Bertz CT molecular complexity index is 687. The minimum absolute atomic E-state index is 0.288. The van der Waals surface area contributed by atoms with Gasteiger partial charge in [-0.1, -0.05) is 6.42 Å². The number of nitrogens with one attached hydrogen (secondary N) is 3. The highest BCUT2D eigenvalue weighted by atomic mass is 16.4. The Hall–Kier alpha value is -2.81. The number of carbonyl (C=O) groups excluding carboxylic acids is 3. The van der Waals surface area contributed by atoms with Crippen LogP contribution in [0.15, 0.2) is 0 Å². The van der Waals surface area contributed by atoms with Crippen LogP contribution >= 0.6 is 0 Å². The molecule has 14 heteroatoms. The Morgan fingerprint density at radius 2 is 1.33 bits per heavy atom.